The monoisotopic (exact) mass is 390 g/mol. The minimum atomic E-state index is -0.00597. The molecular weight excluding hydrogens is 376 g/mol. The molecule has 1 unspecified atom stereocenters. The normalized spacial score (nSPS) is 19.2. The van der Waals surface area contributed by atoms with E-state index in [0.717, 1.165) is 22.0 Å². The van der Waals surface area contributed by atoms with Gasteiger partial charge in [0.15, 0.2) is 0 Å². The minimum Gasteiger partial charge on any atom is -0.374 e. The highest BCUT2D eigenvalue weighted by Crippen LogP contribution is 2.23. The van der Waals surface area contributed by atoms with Gasteiger partial charge in [0.05, 0.1) is 18.3 Å². The molecule has 0 bridgehead atoms. The van der Waals surface area contributed by atoms with E-state index in [4.69, 9.17) is 4.74 Å². The molecule has 1 amide bonds. The van der Waals surface area contributed by atoms with Gasteiger partial charge in [-0.25, -0.2) is 0 Å². The van der Waals surface area contributed by atoms with Crippen LogP contribution >= 0.6 is 31.9 Å². The third-order valence-corrected chi connectivity index (χ3v) is 4.14. The molecule has 1 aromatic carbocycles. The van der Waals surface area contributed by atoms with E-state index in [1.54, 1.807) is 11.9 Å². The van der Waals surface area contributed by atoms with Gasteiger partial charge in [-0.1, -0.05) is 15.9 Å². The number of likely N-dealkylation sites (N-methyl/N-ethyl adjacent to an activating group) is 1. The predicted octanol–water partition coefficient (Wildman–Crippen LogP) is 2.27. The van der Waals surface area contributed by atoms with Gasteiger partial charge >= 0.3 is 0 Å². The molecule has 0 saturated carbocycles. The number of carbonyl (C=O) groups is 1. The Hall–Kier alpha value is -0.430. The summed E-state index contributed by atoms with van der Waals surface area (Å²) in [7, 11) is 1.80. The first-order chi connectivity index (χ1) is 9.08. The Kier molecular flexibility index (Phi) is 5.38. The van der Waals surface area contributed by atoms with E-state index in [9.17, 15) is 4.79 Å². The molecule has 1 aliphatic rings. The van der Waals surface area contributed by atoms with Gasteiger partial charge in [-0.2, -0.15) is 0 Å². The van der Waals surface area contributed by atoms with Crippen LogP contribution in [0.1, 0.15) is 10.4 Å². The number of rotatable bonds is 3. The van der Waals surface area contributed by atoms with Crippen LogP contribution in [-0.4, -0.2) is 50.2 Å². The molecule has 6 heteroatoms. The van der Waals surface area contributed by atoms with Crippen molar-refractivity contribution in [2.45, 2.75) is 6.10 Å². The van der Waals surface area contributed by atoms with Gasteiger partial charge in [-0.15, -0.1) is 0 Å². The van der Waals surface area contributed by atoms with Crippen molar-refractivity contribution in [1.29, 1.82) is 0 Å². The van der Waals surface area contributed by atoms with Gasteiger partial charge in [0, 0.05) is 35.6 Å². The Labute approximate surface area is 129 Å². The van der Waals surface area contributed by atoms with Crippen molar-refractivity contribution in [2.75, 3.05) is 33.3 Å². The molecule has 1 aliphatic heterocycles. The molecule has 0 aliphatic carbocycles. The van der Waals surface area contributed by atoms with Gasteiger partial charge < -0.3 is 15.0 Å². The van der Waals surface area contributed by atoms with Gasteiger partial charge in [-0.05, 0) is 34.1 Å². The smallest absolute Gasteiger partial charge is 0.254 e. The van der Waals surface area contributed by atoms with Crippen LogP contribution in [0, 0.1) is 0 Å². The zero-order chi connectivity index (χ0) is 13.8. The van der Waals surface area contributed by atoms with E-state index in [1.165, 1.54) is 0 Å². The Morgan fingerprint density at radius 3 is 2.95 bits per heavy atom. The number of nitrogens with one attached hydrogen (secondary N) is 1. The summed E-state index contributed by atoms with van der Waals surface area (Å²) in [6, 6.07) is 5.55. The molecule has 4 nitrogen and oxygen atoms in total. The molecule has 1 heterocycles. The second kappa shape index (κ2) is 6.83. The van der Waals surface area contributed by atoms with Crippen LogP contribution in [-0.2, 0) is 4.74 Å². The zero-order valence-corrected chi connectivity index (χ0v) is 13.8. The quantitative estimate of drug-likeness (QED) is 0.859. The number of hydrogen-bond acceptors (Lipinski definition) is 3. The molecule has 1 fully saturated rings. The number of ether oxygens (including phenoxy) is 1. The summed E-state index contributed by atoms with van der Waals surface area (Å²) in [6.45, 7) is 2.97. The lowest BCUT2D eigenvalue weighted by molar-refractivity contribution is 0.0103. The van der Waals surface area contributed by atoms with E-state index >= 15 is 0 Å². The third-order valence-electron chi connectivity index (χ3n) is 2.99. The number of hydrogen-bond donors (Lipinski definition) is 1. The van der Waals surface area contributed by atoms with Crippen LogP contribution in [0.4, 0.5) is 0 Å². The number of morpholine rings is 1. The molecule has 0 radical (unpaired) electrons. The average Bonchev–Trinajstić information content (AvgIpc) is 2.39. The maximum absolute atomic E-state index is 12.4. The second-order valence-electron chi connectivity index (χ2n) is 4.51. The molecule has 1 N–H and O–H groups in total. The highest BCUT2D eigenvalue weighted by Gasteiger charge is 2.20. The van der Waals surface area contributed by atoms with Gasteiger partial charge in [-0.3, -0.25) is 4.79 Å². The van der Waals surface area contributed by atoms with E-state index in [-0.39, 0.29) is 12.0 Å². The summed E-state index contributed by atoms with van der Waals surface area (Å²) in [4.78, 5) is 14.1. The third kappa shape index (κ3) is 4.02. The molecule has 1 atom stereocenters. The van der Waals surface area contributed by atoms with Gasteiger partial charge in [0.2, 0.25) is 0 Å². The maximum atomic E-state index is 12.4. The summed E-state index contributed by atoms with van der Waals surface area (Å²) in [5, 5.41) is 3.26. The first-order valence-electron chi connectivity index (χ1n) is 6.11. The van der Waals surface area contributed by atoms with Crippen molar-refractivity contribution in [3.8, 4) is 0 Å². The van der Waals surface area contributed by atoms with Crippen molar-refractivity contribution >= 4 is 37.8 Å². The molecule has 1 saturated heterocycles. The van der Waals surface area contributed by atoms with Crippen LogP contribution in [0.3, 0.4) is 0 Å². The van der Waals surface area contributed by atoms with Crippen molar-refractivity contribution in [2.24, 2.45) is 0 Å². The zero-order valence-electron chi connectivity index (χ0n) is 10.7. The van der Waals surface area contributed by atoms with Crippen molar-refractivity contribution < 1.29 is 9.53 Å². The molecule has 2 rings (SSSR count). The first kappa shape index (κ1) is 15.0. The van der Waals surface area contributed by atoms with Crippen LogP contribution < -0.4 is 5.32 Å². The molecule has 104 valence electrons. The highest BCUT2D eigenvalue weighted by atomic mass is 79.9. The number of halogens is 2. The fourth-order valence-electron chi connectivity index (χ4n) is 1.99. The van der Waals surface area contributed by atoms with E-state index in [2.05, 4.69) is 37.2 Å². The number of amides is 1. The fraction of sp³-hybridized carbons (Fsp3) is 0.462. The van der Waals surface area contributed by atoms with Crippen LogP contribution in [0.25, 0.3) is 0 Å². The number of benzene rings is 1. The summed E-state index contributed by atoms with van der Waals surface area (Å²) in [6.07, 6.45) is 0.0666. The first-order valence-corrected chi connectivity index (χ1v) is 7.69. The molecular formula is C13H16Br2N2O2. The Balaban J connectivity index is 2.01. The second-order valence-corrected chi connectivity index (χ2v) is 6.28. The molecule has 19 heavy (non-hydrogen) atoms. The summed E-state index contributed by atoms with van der Waals surface area (Å²) in [5.41, 5.74) is 0.662. The molecule has 0 aromatic heterocycles. The lowest BCUT2D eigenvalue weighted by atomic mass is 10.2. The lowest BCUT2D eigenvalue weighted by Crippen LogP contribution is -2.45. The summed E-state index contributed by atoms with van der Waals surface area (Å²) >= 11 is 6.80. The van der Waals surface area contributed by atoms with E-state index in [0.29, 0.717) is 18.7 Å². The van der Waals surface area contributed by atoms with Crippen LogP contribution in [0.5, 0.6) is 0 Å². The number of carbonyl (C=O) groups excluding carboxylic acids is 1. The van der Waals surface area contributed by atoms with Crippen LogP contribution in [0.2, 0.25) is 0 Å². The van der Waals surface area contributed by atoms with E-state index in [1.807, 2.05) is 18.2 Å². The summed E-state index contributed by atoms with van der Waals surface area (Å²) < 4.78 is 7.34. The van der Waals surface area contributed by atoms with E-state index < -0.39 is 0 Å². The number of nitrogens with zero attached hydrogens (tertiary/aromatic N) is 1. The molecule has 0 spiro atoms. The fourth-order valence-corrected chi connectivity index (χ4v) is 3.21. The topological polar surface area (TPSA) is 41.6 Å². The van der Waals surface area contributed by atoms with Gasteiger partial charge in [0.1, 0.15) is 0 Å². The van der Waals surface area contributed by atoms with Crippen LogP contribution in [0.15, 0.2) is 27.1 Å². The predicted molar refractivity (Wildman–Crippen MR) is 81.4 cm³/mol. The largest absolute Gasteiger partial charge is 0.374 e. The maximum Gasteiger partial charge on any atom is 0.254 e. The standard InChI is InChI=1S/C13H16Br2N2O2/c1-17(8-10-7-16-4-5-19-10)13(18)11-3-2-9(14)6-12(11)15/h2-3,6,10,16H,4-5,7-8H2,1H3. The van der Waals surface area contributed by atoms with Gasteiger partial charge in [0.25, 0.3) is 5.91 Å². The van der Waals surface area contributed by atoms with Crippen molar-refractivity contribution in [1.82, 2.24) is 10.2 Å². The Morgan fingerprint density at radius 1 is 1.53 bits per heavy atom. The highest BCUT2D eigenvalue weighted by molar-refractivity contribution is 9.11. The average molecular weight is 392 g/mol. The van der Waals surface area contributed by atoms with Crippen molar-refractivity contribution in [3.05, 3.63) is 32.7 Å². The SMILES string of the molecule is CN(CC1CNCCO1)C(=O)c1ccc(Br)cc1Br. The van der Waals surface area contributed by atoms with Crippen molar-refractivity contribution in [3.63, 3.8) is 0 Å². The Morgan fingerprint density at radius 2 is 2.32 bits per heavy atom. The lowest BCUT2D eigenvalue weighted by Gasteiger charge is -2.28. The summed E-state index contributed by atoms with van der Waals surface area (Å²) in [5.74, 6) is -0.00597. The minimum absolute atomic E-state index is 0.00597. The molecule has 1 aromatic rings. The Bertz CT molecular complexity index is 462.